The second-order valence-electron chi connectivity index (χ2n) is 4.03. The molecule has 3 heterocycles. The molecule has 0 bridgehead atoms. The van der Waals surface area contributed by atoms with Crippen molar-refractivity contribution in [2.45, 2.75) is 25.2 Å². The van der Waals surface area contributed by atoms with Gasteiger partial charge in [0.25, 0.3) is 5.56 Å². The lowest BCUT2D eigenvalue weighted by atomic mass is 10.2. The summed E-state index contributed by atoms with van der Waals surface area (Å²) in [4.78, 5) is 22.3. The van der Waals surface area contributed by atoms with E-state index in [1.807, 2.05) is 0 Å². The summed E-state index contributed by atoms with van der Waals surface area (Å²) in [5, 5.41) is 9.02. The van der Waals surface area contributed by atoms with Gasteiger partial charge in [0, 0.05) is 0 Å². The second kappa shape index (κ2) is 3.94. The molecule has 7 nitrogen and oxygen atoms in total. The molecule has 0 radical (unpaired) electrons. The van der Waals surface area contributed by atoms with Gasteiger partial charge >= 0.3 is 0 Å². The molecule has 3 rings (SSSR count). The van der Waals surface area contributed by atoms with E-state index in [2.05, 4.69) is 15.0 Å². The Kier molecular flexibility index (Phi) is 2.41. The zero-order valence-corrected chi connectivity index (χ0v) is 9.04. The van der Waals surface area contributed by atoms with Crippen molar-refractivity contribution in [3.05, 3.63) is 23.0 Å². The van der Waals surface area contributed by atoms with Crippen molar-refractivity contribution in [3.63, 3.8) is 0 Å². The summed E-state index contributed by atoms with van der Waals surface area (Å²) >= 11 is 0. The van der Waals surface area contributed by atoms with Gasteiger partial charge in [-0.05, 0) is 12.8 Å². The van der Waals surface area contributed by atoms with Gasteiger partial charge in [0.15, 0.2) is 11.2 Å². The normalized spacial score (nSPS) is 24.5. The summed E-state index contributed by atoms with van der Waals surface area (Å²) in [6.45, 7) is -0.00225. The van der Waals surface area contributed by atoms with E-state index in [1.54, 1.807) is 10.9 Å². The van der Waals surface area contributed by atoms with Crippen molar-refractivity contribution >= 4 is 11.2 Å². The number of aromatic amines is 1. The molecule has 1 fully saturated rings. The van der Waals surface area contributed by atoms with Crippen LogP contribution in [0.4, 0.5) is 0 Å². The van der Waals surface area contributed by atoms with Gasteiger partial charge in [0.2, 0.25) is 0 Å². The van der Waals surface area contributed by atoms with E-state index in [1.165, 1.54) is 6.33 Å². The Balaban J connectivity index is 2.04. The Hall–Kier alpha value is -1.73. The molecule has 0 aliphatic carbocycles. The van der Waals surface area contributed by atoms with E-state index >= 15 is 0 Å². The van der Waals surface area contributed by atoms with Gasteiger partial charge in [0.1, 0.15) is 6.23 Å². The number of aromatic nitrogens is 4. The van der Waals surface area contributed by atoms with Crippen molar-refractivity contribution in [1.29, 1.82) is 0 Å². The number of rotatable bonds is 2. The molecule has 90 valence electrons. The average molecular weight is 236 g/mol. The number of aliphatic hydroxyl groups is 1. The summed E-state index contributed by atoms with van der Waals surface area (Å²) in [6.07, 6.45) is 4.01. The zero-order valence-electron chi connectivity index (χ0n) is 9.04. The van der Waals surface area contributed by atoms with E-state index in [9.17, 15) is 4.79 Å². The molecule has 2 atom stereocenters. The van der Waals surface area contributed by atoms with Gasteiger partial charge in [-0.2, -0.15) is 0 Å². The van der Waals surface area contributed by atoms with Crippen molar-refractivity contribution in [2.75, 3.05) is 6.61 Å². The van der Waals surface area contributed by atoms with Crippen LogP contribution in [0.25, 0.3) is 11.2 Å². The highest BCUT2D eigenvalue weighted by molar-refractivity contribution is 5.68. The van der Waals surface area contributed by atoms with Crippen molar-refractivity contribution in [1.82, 2.24) is 19.5 Å². The molecule has 0 aromatic carbocycles. The third-order valence-electron chi connectivity index (χ3n) is 2.97. The Bertz CT molecular complexity index is 590. The second-order valence-corrected chi connectivity index (χ2v) is 4.03. The Labute approximate surface area is 96.1 Å². The summed E-state index contributed by atoms with van der Waals surface area (Å²) in [5.74, 6) is 0. The smallest absolute Gasteiger partial charge is 0.277 e. The summed E-state index contributed by atoms with van der Waals surface area (Å²) < 4.78 is 7.29. The molecule has 0 amide bonds. The molecule has 7 heteroatoms. The lowest BCUT2D eigenvalue weighted by Gasteiger charge is -2.13. The number of hydrogen-bond acceptors (Lipinski definition) is 5. The fraction of sp³-hybridized carbons (Fsp3) is 0.500. The first-order chi connectivity index (χ1) is 8.29. The van der Waals surface area contributed by atoms with Crippen LogP contribution in [-0.2, 0) is 4.74 Å². The average Bonchev–Trinajstić information content (AvgIpc) is 2.94. The number of H-pyrrole nitrogens is 1. The van der Waals surface area contributed by atoms with E-state index in [0.29, 0.717) is 11.2 Å². The quantitative estimate of drug-likeness (QED) is 0.752. The number of hydrogen-bond donors (Lipinski definition) is 2. The highest BCUT2D eigenvalue weighted by Gasteiger charge is 2.27. The first-order valence-electron chi connectivity index (χ1n) is 5.46. The van der Waals surface area contributed by atoms with Crippen molar-refractivity contribution < 1.29 is 9.84 Å². The van der Waals surface area contributed by atoms with Gasteiger partial charge in [-0.15, -0.1) is 0 Å². The third kappa shape index (κ3) is 1.63. The standard InChI is InChI=1S/C10H12N4O3/c15-3-6-1-2-7(17-6)14-5-13-9-8(14)10(16)12-4-11-9/h4-7,15H,1-3H2,(H,11,12,16)/t6-,7+/m0/s1. The first-order valence-corrected chi connectivity index (χ1v) is 5.46. The summed E-state index contributed by atoms with van der Waals surface area (Å²) in [5.41, 5.74) is 0.587. The molecule has 0 unspecified atom stereocenters. The van der Waals surface area contributed by atoms with Crippen LogP contribution in [0, 0.1) is 0 Å². The largest absolute Gasteiger partial charge is 0.394 e. The number of aliphatic hydroxyl groups excluding tert-OH is 1. The topological polar surface area (TPSA) is 93.0 Å². The molecule has 1 aliphatic rings. The third-order valence-corrected chi connectivity index (χ3v) is 2.97. The molecule has 17 heavy (non-hydrogen) atoms. The number of imidazole rings is 1. The van der Waals surface area contributed by atoms with Crippen LogP contribution in [0.3, 0.4) is 0 Å². The number of ether oxygens (including phenoxy) is 1. The summed E-state index contributed by atoms with van der Waals surface area (Å²) in [6, 6.07) is 0. The fourth-order valence-electron chi connectivity index (χ4n) is 2.13. The lowest BCUT2D eigenvalue weighted by Crippen LogP contribution is -2.17. The fourth-order valence-corrected chi connectivity index (χ4v) is 2.13. The Morgan fingerprint density at radius 3 is 3.18 bits per heavy atom. The zero-order chi connectivity index (χ0) is 11.8. The maximum atomic E-state index is 11.7. The Morgan fingerprint density at radius 1 is 1.53 bits per heavy atom. The number of fused-ring (bicyclic) bond motifs is 1. The van der Waals surface area contributed by atoms with Crippen LogP contribution in [0.1, 0.15) is 19.1 Å². The maximum absolute atomic E-state index is 11.7. The van der Waals surface area contributed by atoms with E-state index in [4.69, 9.17) is 9.84 Å². The minimum absolute atomic E-state index is 0.00225. The highest BCUT2D eigenvalue weighted by Crippen LogP contribution is 2.29. The van der Waals surface area contributed by atoms with Crippen LogP contribution in [0.15, 0.2) is 17.4 Å². The number of nitrogens with one attached hydrogen (secondary N) is 1. The van der Waals surface area contributed by atoms with Crippen molar-refractivity contribution in [2.24, 2.45) is 0 Å². The van der Waals surface area contributed by atoms with Gasteiger partial charge < -0.3 is 14.8 Å². The van der Waals surface area contributed by atoms with Crippen LogP contribution >= 0.6 is 0 Å². The minimum Gasteiger partial charge on any atom is -0.394 e. The number of nitrogens with zero attached hydrogens (tertiary/aromatic N) is 3. The molecule has 0 saturated carbocycles. The molecule has 1 saturated heterocycles. The predicted molar refractivity (Wildman–Crippen MR) is 58.4 cm³/mol. The van der Waals surface area contributed by atoms with Crippen LogP contribution in [0.2, 0.25) is 0 Å². The first kappa shape index (κ1) is 10.4. The van der Waals surface area contributed by atoms with Gasteiger partial charge in [-0.3, -0.25) is 9.36 Å². The lowest BCUT2D eigenvalue weighted by molar-refractivity contribution is -0.0205. The Morgan fingerprint density at radius 2 is 2.41 bits per heavy atom. The van der Waals surface area contributed by atoms with Crippen molar-refractivity contribution in [3.8, 4) is 0 Å². The summed E-state index contributed by atoms with van der Waals surface area (Å²) in [7, 11) is 0. The van der Waals surface area contributed by atoms with E-state index in [0.717, 1.165) is 12.8 Å². The maximum Gasteiger partial charge on any atom is 0.277 e. The molecule has 2 aromatic heterocycles. The molecule has 2 N–H and O–H groups in total. The van der Waals surface area contributed by atoms with Crippen LogP contribution in [0.5, 0.6) is 0 Å². The molecular formula is C10H12N4O3. The highest BCUT2D eigenvalue weighted by atomic mass is 16.5. The predicted octanol–water partition coefficient (Wildman–Crippen LogP) is -0.210. The van der Waals surface area contributed by atoms with Gasteiger partial charge in [-0.1, -0.05) is 0 Å². The van der Waals surface area contributed by atoms with Gasteiger partial charge in [0.05, 0.1) is 25.4 Å². The molecule has 0 spiro atoms. The minimum atomic E-state index is -0.248. The molecule has 1 aliphatic heterocycles. The van der Waals surface area contributed by atoms with E-state index < -0.39 is 0 Å². The van der Waals surface area contributed by atoms with Gasteiger partial charge in [-0.25, -0.2) is 9.97 Å². The monoisotopic (exact) mass is 236 g/mol. The van der Waals surface area contributed by atoms with E-state index in [-0.39, 0.29) is 24.5 Å². The molecule has 2 aromatic rings. The van der Waals surface area contributed by atoms with Crippen LogP contribution < -0.4 is 5.56 Å². The SMILES string of the molecule is O=c1[nH]cnc2ncn([C@H]3CC[C@@H](CO)O3)c12. The van der Waals surface area contributed by atoms with Crippen LogP contribution in [-0.4, -0.2) is 37.3 Å². The molecular weight excluding hydrogens is 224 g/mol.